The highest BCUT2D eigenvalue weighted by Gasteiger charge is 2.21. The molecule has 0 radical (unpaired) electrons. The molecule has 0 N–H and O–H groups in total. The van der Waals surface area contributed by atoms with Crippen molar-refractivity contribution in [3.63, 3.8) is 0 Å². The molecule has 0 spiro atoms. The van der Waals surface area contributed by atoms with Crippen molar-refractivity contribution in [3.8, 4) is 0 Å². The number of benzene rings is 1. The maximum absolute atomic E-state index is 10.8. The summed E-state index contributed by atoms with van der Waals surface area (Å²) in [5, 5.41) is 14.8. The van der Waals surface area contributed by atoms with Gasteiger partial charge >= 0.3 is 5.82 Å². The molecule has 17 heavy (non-hydrogen) atoms. The summed E-state index contributed by atoms with van der Waals surface area (Å²) in [7, 11) is 0. The largest absolute Gasteiger partial charge is 0.393 e. The third-order valence-corrected chi connectivity index (χ3v) is 2.83. The highest BCUT2D eigenvalue weighted by molar-refractivity contribution is 5.35. The van der Waals surface area contributed by atoms with Crippen LogP contribution >= 0.6 is 0 Å². The summed E-state index contributed by atoms with van der Waals surface area (Å²) in [4.78, 5) is 10.3. The normalized spacial score (nSPS) is 10.5. The summed E-state index contributed by atoms with van der Waals surface area (Å²) < 4.78 is 1.67. The Bertz CT molecular complexity index is 546. The van der Waals surface area contributed by atoms with Crippen molar-refractivity contribution < 1.29 is 4.92 Å². The van der Waals surface area contributed by atoms with Gasteiger partial charge in [-0.15, -0.1) is 0 Å². The van der Waals surface area contributed by atoms with E-state index in [1.54, 1.807) is 11.6 Å². The Kier molecular flexibility index (Phi) is 2.91. The van der Waals surface area contributed by atoms with Crippen molar-refractivity contribution in [2.24, 2.45) is 0 Å². The number of nitrogens with zero attached hydrogens (tertiary/aromatic N) is 3. The predicted molar refractivity (Wildman–Crippen MR) is 63.9 cm³/mol. The lowest BCUT2D eigenvalue weighted by Gasteiger charge is -1.99. The van der Waals surface area contributed by atoms with Crippen LogP contribution in [0.15, 0.2) is 30.3 Å². The summed E-state index contributed by atoms with van der Waals surface area (Å²) in [5.74, 6) is -0.0570. The Balaban J connectivity index is 2.34. The second kappa shape index (κ2) is 4.37. The van der Waals surface area contributed by atoms with E-state index in [0.717, 1.165) is 11.3 Å². The Hall–Kier alpha value is -2.17. The highest BCUT2D eigenvalue weighted by atomic mass is 16.6. The van der Waals surface area contributed by atoms with Gasteiger partial charge in [-0.05, 0) is 24.3 Å². The van der Waals surface area contributed by atoms with E-state index in [1.165, 1.54) is 0 Å². The summed E-state index contributed by atoms with van der Waals surface area (Å²) in [6.45, 7) is 4.13. The molecule has 0 fully saturated rings. The molecule has 2 aromatic rings. The lowest BCUT2D eigenvalue weighted by molar-refractivity contribution is -0.390. The van der Waals surface area contributed by atoms with Gasteiger partial charge in [-0.3, -0.25) is 0 Å². The average molecular weight is 231 g/mol. The standard InChI is InChI=1S/C12H13N3O2/c1-9-10(2)14(13-12(9)15(16)17)8-11-6-4-3-5-7-11/h3-7H,8H2,1-2H3. The molecule has 0 saturated heterocycles. The molecular formula is C12H13N3O2. The number of hydrogen-bond donors (Lipinski definition) is 0. The van der Waals surface area contributed by atoms with E-state index in [-0.39, 0.29) is 5.82 Å². The lowest BCUT2D eigenvalue weighted by Crippen LogP contribution is -2.04. The fourth-order valence-corrected chi connectivity index (χ4v) is 1.70. The van der Waals surface area contributed by atoms with Gasteiger partial charge in [0, 0.05) is 0 Å². The average Bonchev–Trinajstić information content (AvgIpc) is 2.59. The van der Waals surface area contributed by atoms with Crippen molar-refractivity contribution in [2.75, 3.05) is 0 Å². The van der Waals surface area contributed by atoms with Crippen LogP contribution in [0.4, 0.5) is 5.82 Å². The van der Waals surface area contributed by atoms with E-state index in [2.05, 4.69) is 5.10 Å². The third-order valence-electron chi connectivity index (χ3n) is 2.83. The monoisotopic (exact) mass is 231 g/mol. The molecule has 0 saturated carbocycles. The van der Waals surface area contributed by atoms with E-state index >= 15 is 0 Å². The van der Waals surface area contributed by atoms with Gasteiger partial charge < -0.3 is 10.1 Å². The maximum atomic E-state index is 10.8. The molecule has 1 heterocycles. The topological polar surface area (TPSA) is 61.0 Å². The van der Waals surface area contributed by atoms with Gasteiger partial charge in [0.1, 0.15) is 0 Å². The zero-order valence-corrected chi connectivity index (χ0v) is 9.75. The van der Waals surface area contributed by atoms with Crippen LogP contribution < -0.4 is 0 Å². The first-order chi connectivity index (χ1) is 8.09. The van der Waals surface area contributed by atoms with Crippen LogP contribution in [0.5, 0.6) is 0 Å². The van der Waals surface area contributed by atoms with E-state index in [9.17, 15) is 10.1 Å². The smallest absolute Gasteiger partial charge is 0.358 e. The predicted octanol–water partition coefficient (Wildman–Crippen LogP) is 2.46. The van der Waals surface area contributed by atoms with Gasteiger partial charge in [0.05, 0.1) is 22.9 Å². The number of nitro groups is 1. The van der Waals surface area contributed by atoms with Crippen LogP contribution in [0.25, 0.3) is 0 Å². The molecule has 0 aliphatic carbocycles. The Morgan fingerprint density at radius 1 is 1.29 bits per heavy atom. The molecular weight excluding hydrogens is 218 g/mol. The molecule has 0 aliphatic heterocycles. The van der Waals surface area contributed by atoms with Gasteiger partial charge in [-0.2, -0.15) is 4.68 Å². The summed E-state index contributed by atoms with van der Waals surface area (Å²) >= 11 is 0. The first-order valence-electron chi connectivity index (χ1n) is 5.32. The quantitative estimate of drug-likeness (QED) is 0.602. The molecule has 0 unspecified atom stereocenters. The fraction of sp³-hybridized carbons (Fsp3) is 0.250. The van der Waals surface area contributed by atoms with Gasteiger partial charge in [-0.25, -0.2) is 0 Å². The van der Waals surface area contributed by atoms with Gasteiger partial charge in [0.15, 0.2) is 0 Å². The Labute approximate surface area is 98.8 Å². The molecule has 5 heteroatoms. The van der Waals surface area contributed by atoms with Gasteiger partial charge in [0.2, 0.25) is 0 Å². The zero-order chi connectivity index (χ0) is 12.4. The molecule has 1 aromatic heterocycles. The minimum Gasteiger partial charge on any atom is -0.358 e. The van der Waals surface area contributed by atoms with E-state index < -0.39 is 4.92 Å². The van der Waals surface area contributed by atoms with E-state index in [0.29, 0.717) is 12.1 Å². The summed E-state index contributed by atoms with van der Waals surface area (Å²) in [6.07, 6.45) is 0. The zero-order valence-electron chi connectivity index (χ0n) is 9.75. The van der Waals surface area contributed by atoms with Crippen LogP contribution in [0.2, 0.25) is 0 Å². The second-order valence-corrected chi connectivity index (χ2v) is 3.93. The van der Waals surface area contributed by atoms with Crippen LogP contribution in [0.3, 0.4) is 0 Å². The minimum absolute atomic E-state index is 0.0570. The first-order valence-corrected chi connectivity index (χ1v) is 5.32. The van der Waals surface area contributed by atoms with Crippen molar-refractivity contribution >= 4 is 5.82 Å². The number of aromatic nitrogens is 2. The van der Waals surface area contributed by atoms with Gasteiger partial charge in [0.25, 0.3) is 0 Å². The molecule has 0 amide bonds. The number of hydrogen-bond acceptors (Lipinski definition) is 3. The Morgan fingerprint density at radius 3 is 2.47 bits per heavy atom. The van der Waals surface area contributed by atoms with Crippen LogP contribution in [-0.2, 0) is 6.54 Å². The highest BCUT2D eigenvalue weighted by Crippen LogP contribution is 2.20. The Morgan fingerprint density at radius 2 is 1.94 bits per heavy atom. The molecule has 2 rings (SSSR count). The van der Waals surface area contributed by atoms with Crippen molar-refractivity contribution in [3.05, 3.63) is 57.3 Å². The van der Waals surface area contributed by atoms with E-state index in [1.807, 2.05) is 37.3 Å². The maximum Gasteiger partial charge on any atom is 0.393 e. The van der Waals surface area contributed by atoms with Crippen molar-refractivity contribution in [1.29, 1.82) is 0 Å². The van der Waals surface area contributed by atoms with E-state index in [4.69, 9.17) is 0 Å². The SMILES string of the molecule is Cc1c([N+](=O)[O-])nn(Cc2ccccc2)c1C. The van der Waals surface area contributed by atoms with Crippen molar-refractivity contribution in [2.45, 2.75) is 20.4 Å². The first kappa shape index (κ1) is 11.3. The molecule has 88 valence electrons. The minimum atomic E-state index is -0.441. The number of rotatable bonds is 3. The molecule has 0 bridgehead atoms. The third kappa shape index (κ3) is 2.18. The molecule has 5 nitrogen and oxygen atoms in total. The second-order valence-electron chi connectivity index (χ2n) is 3.93. The lowest BCUT2D eigenvalue weighted by atomic mass is 10.2. The fourth-order valence-electron chi connectivity index (χ4n) is 1.70. The molecule has 0 aliphatic rings. The van der Waals surface area contributed by atoms with Crippen LogP contribution in [0.1, 0.15) is 16.8 Å². The van der Waals surface area contributed by atoms with Crippen LogP contribution in [-0.4, -0.2) is 14.7 Å². The summed E-state index contributed by atoms with van der Waals surface area (Å²) in [6, 6.07) is 9.77. The van der Waals surface area contributed by atoms with Crippen molar-refractivity contribution in [1.82, 2.24) is 9.78 Å². The molecule has 0 atom stereocenters. The van der Waals surface area contributed by atoms with Crippen LogP contribution in [0, 0.1) is 24.0 Å². The summed E-state index contributed by atoms with van der Waals surface area (Å²) in [5.41, 5.74) is 2.54. The molecule has 1 aromatic carbocycles. The van der Waals surface area contributed by atoms with Gasteiger partial charge in [-0.1, -0.05) is 30.3 Å².